The predicted octanol–water partition coefficient (Wildman–Crippen LogP) is 1.10. The average molecular weight is 386 g/mol. The van der Waals surface area contributed by atoms with Crippen LogP contribution in [0.3, 0.4) is 0 Å². The van der Waals surface area contributed by atoms with E-state index in [9.17, 15) is 19.2 Å². The molecule has 0 radical (unpaired) electrons. The van der Waals surface area contributed by atoms with Crippen molar-refractivity contribution in [3.8, 4) is 0 Å². The summed E-state index contributed by atoms with van der Waals surface area (Å²) in [6.45, 7) is 7.82. The van der Waals surface area contributed by atoms with Gasteiger partial charge in [-0.25, -0.2) is 4.79 Å². The number of amides is 3. The zero-order valence-electron chi connectivity index (χ0n) is 16.8. The Balaban J connectivity index is 2.26. The van der Waals surface area contributed by atoms with Gasteiger partial charge in [0.05, 0.1) is 12.2 Å². The first-order valence-corrected chi connectivity index (χ1v) is 9.02. The van der Waals surface area contributed by atoms with Gasteiger partial charge >= 0.3 is 5.97 Å². The lowest BCUT2D eigenvalue weighted by Crippen LogP contribution is -2.45. The van der Waals surface area contributed by atoms with Gasteiger partial charge < -0.3 is 19.6 Å². The number of carbonyl (C=O) groups excluding carboxylic acids is 4. The van der Waals surface area contributed by atoms with Crippen molar-refractivity contribution < 1.29 is 33.5 Å². The second kappa shape index (κ2) is 9.80. The fourth-order valence-electron chi connectivity index (χ4n) is 2.17. The van der Waals surface area contributed by atoms with Crippen molar-refractivity contribution >= 4 is 23.7 Å². The summed E-state index contributed by atoms with van der Waals surface area (Å²) in [7, 11) is 1.62. The van der Waals surface area contributed by atoms with Crippen molar-refractivity contribution in [1.82, 2.24) is 10.4 Å². The molecule has 1 heterocycles. The van der Waals surface area contributed by atoms with E-state index in [2.05, 4.69) is 5.32 Å². The molecule has 0 aromatic rings. The van der Waals surface area contributed by atoms with E-state index in [0.717, 1.165) is 0 Å². The van der Waals surface area contributed by atoms with Gasteiger partial charge in [-0.3, -0.25) is 14.4 Å². The molecule has 0 atom stereocenters. The van der Waals surface area contributed by atoms with Crippen LogP contribution in [0, 0.1) is 0 Å². The van der Waals surface area contributed by atoms with Gasteiger partial charge in [0.2, 0.25) is 0 Å². The molecule has 0 aromatic heterocycles. The molecule has 9 nitrogen and oxygen atoms in total. The van der Waals surface area contributed by atoms with Gasteiger partial charge in [0.1, 0.15) is 5.60 Å². The molecule has 1 rings (SSSR count). The first kappa shape index (κ1) is 23.0. The second-order valence-electron chi connectivity index (χ2n) is 7.48. The van der Waals surface area contributed by atoms with Crippen LogP contribution in [0.2, 0.25) is 0 Å². The van der Waals surface area contributed by atoms with Crippen molar-refractivity contribution in [2.45, 2.75) is 71.0 Å². The number of ether oxygens (including phenoxy) is 2. The number of rotatable bonds is 11. The third kappa shape index (κ3) is 7.64. The van der Waals surface area contributed by atoms with E-state index in [1.807, 2.05) is 13.8 Å². The van der Waals surface area contributed by atoms with E-state index in [1.165, 1.54) is 0 Å². The van der Waals surface area contributed by atoms with Crippen LogP contribution in [0.5, 0.6) is 0 Å². The van der Waals surface area contributed by atoms with Crippen molar-refractivity contribution in [2.24, 2.45) is 0 Å². The summed E-state index contributed by atoms with van der Waals surface area (Å²) in [6, 6.07) is 0. The minimum Gasteiger partial charge on any atom is -0.379 e. The molecule has 27 heavy (non-hydrogen) atoms. The highest BCUT2D eigenvalue weighted by molar-refractivity contribution is 6.01. The van der Waals surface area contributed by atoms with Crippen molar-refractivity contribution in [1.29, 1.82) is 0 Å². The maximum absolute atomic E-state index is 12.2. The molecule has 1 saturated heterocycles. The fraction of sp³-hybridized carbons (Fsp3) is 0.778. The molecule has 0 saturated carbocycles. The largest absolute Gasteiger partial charge is 0.379 e. The Labute approximate surface area is 159 Å². The average Bonchev–Trinajstić information content (AvgIpc) is 2.90. The first-order valence-electron chi connectivity index (χ1n) is 9.02. The smallest absolute Gasteiger partial charge is 0.333 e. The van der Waals surface area contributed by atoms with Crippen LogP contribution < -0.4 is 5.32 Å². The summed E-state index contributed by atoms with van der Waals surface area (Å²) in [5.41, 5.74) is -1.34. The second-order valence-corrected chi connectivity index (χ2v) is 7.48. The molecule has 0 spiro atoms. The van der Waals surface area contributed by atoms with Crippen LogP contribution >= 0.6 is 0 Å². The van der Waals surface area contributed by atoms with E-state index >= 15 is 0 Å². The SMILES string of the molecule is COC(C)(C)CCOC(C)(C)C(=O)NCCCC(=O)ON1C(=O)CCC1=O. The predicted molar refractivity (Wildman–Crippen MR) is 95.2 cm³/mol. The van der Waals surface area contributed by atoms with E-state index < -0.39 is 23.4 Å². The van der Waals surface area contributed by atoms with Crippen LogP contribution in [0.15, 0.2) is 0 Å². The summed E-state index contributed by atoms with van der Waals surface area (Å²) >= 11 is 0. The Hall–Kier alpha value is -2.00. The van der Waals surface area contributed by atoms with Gasteiger partial charge in [-0.05, 0) is 40.5 Å². The Bertz CT molecular complexity index is 556. The number of hydroxylamine groups is 2. The number of hydrogen-bond donors (Lipinski definition) is 1. The summed E-state index contributed by atoms with van der Waals surface area (Å²) in [4.78, 5) is 51.4. The van der Waals surface area contributed by atoms with E-state index in [-0.39, 0.29) is 37.3 Å². The monoisotopic (exact) mass is 386 g/mol. The molecule has 0 unspecified atom stereocenters. The highest BCUT2D eigenvalue weighted by Crippen LogP contribution is 2.17. The zero-order valence-corrected chi connectivity index (χ0v) is 16.8. The lowest BCUT2D eigenvalue weighted by Gasteiger charge is -2.28. The van der Waals surface area contributed by atoms with Crippen molar-refractivity contribution in [3.63, 3.8) is 0 Å². The topological polar surface area (TPSA) is 111 Å². The van der Waals surface area contributed by atoms with Crippen LogP contribution in [-0.2, 0) is 33.5 Å². The number of hydrogen-bond acceptors (Lipinski definition) is 7. The Morgan fingerprint density at radius 1 is 1.11 bits per heavy atom. The molecule has 1 N–H and O–H groups in total. The number of nitrogens with one attached hydrogen (secondary N) is 1. The summed E-state index contributed by atoms with van der Waals surface area (Å²) in [5.74, 6) is -2.02. The normalized spacial score (nSPS) is 15.2. The standard InChI is InChI=1S/C18H30N2O7/c1-17(2,25-5)10-12-26-18(3,4)16(24)19-11-6-7-15(23)27-20-13(21)8-9-14(20)22/h6-12H2,1-5H3,(H,19,24). The number of nitrogens with zero attached hydrogens (tertiary/aromatic N) is 1. The minimum absolute atomic E-state index is 0.0271. The highest BCUT2D eigenvalue weighted by Gasteiger charge is 2.33. The van der Waals surface area contributed by atoms with Gasteiger partial charge in [0, 0.05) is 32.9 Å². The highest BCUT2D eigenvalue weighted by atomic mass is 16.7. The third-order valence-corrected chi connectivity index (χ3v) is 4.31. The van der Waals surface area contributed by atoms with Crippen LogP contribution in [0.1, 0.15) is 59.8 Å². The van der Waals surface area contributed by atoms with Crippen LogP contribution in [0.4, 0.5) is 0 Å². The van der Waals surface area contributed by atoms with Gasteiger partial charge in [-0.1, -0.05) is 0 Å². The molecule has 9 heteroatoms. The van der Waals surface area contributed by atoms with Crippen molar-refractivity contribution in [2.75, 3.05) is 20.3 Å². The molecule has 3 amide bonds. The summed E-state index contributed by atoms with van der Waals surface area (Å²) in [5, 5.41) is 3.21. The Morgan fingerprint density at radius 2 is 1.70 bits per heavy atom. The van der Waals surface area contributed by atoms with Gasteiger partial charge in [-0.15, -0.1) is 5.06 Å². The van der Waals surface area contributed by atoms with E-state index in [0.29, 0.717) is 24.5 Å². The number of carbonyl (C=O) groups is 4. The molecule has 1 aliphatic heterocycles. The molecule has 154 valence electrons. The maximum Gasteiger partial charge on any atom is 0.333 e. The fourth-order valence-corrected chi connectivity index (χ4v) is 2.17. The Kier molecular flexibility index (Phi) is 8.36. The lowest BCUT2D eigenvalue weighted by molar-refractivity contribution is -0.197. The van der Waals surface area contributed by atoms with Crippen molar-refractivity contribution in [3.05, 3.63) is 0 Å². The molecule has 0 aromatic carbocycles. The maximum atomic E-state index is 12.2. The molecule has 1 fully saturated rings. The van der Waals surface area contributed by atoms with Gasteiger partial charge in [0.15, 0.2) is 0 Å². The van der Waals surface area contributed by atoms with E-state index in [4.69, 9.17) is 14.3 Å². The quantitative estimate of drug-likeness (QED) is 0.418. The van der Waals surface area contributed by atoms with Gasteiger partial charge in [0.25, 0.3) is 17.7 Å². The molecule has 0 bridgehead atoms. The minimum atomic E-state index is -1.02. The Morgan fingerprint density at radius 3 is 2.26 bits per heavy atom. The zero-order chi connectivity index (χ0) is 20.7. The van der Waals surface area contributed by atoms with Crippen LogP contribution in [-0.4, -0.2) is 60.2 Å². The molecule has 1 aliphatic rings. The van der Waals surface area contributed by atoms with E-state index in [1.54, 1.807) is 21.0 Å². The number of imide groups is 1. The first-order chi connectivity index (χ1) is 12.5. The third-order valence-electron chi connectivity index (χ3n) is 4.31. The molecular formula is C18H30N2O7. The van der Waals surface area contributed by atoms with Crippen LogP contribution in [0.25, 0.3) is 0 Å². The molecular weight excluding hydrogens is 356 g/mol. The summed E-state index contributed by atoms with van der Waals surface area (Å²) < 4.78 is 11.0. The summed E-state index contributed by atoms with van der Waals surface area (Å²) in [6.07, 6.45) is 1.03. The number of methoxy groups -OCH3 is 1. The van der Waals surface area contributed by atoms with Gasteiger partial charge in [-0.2, -0.15) is 0 Å². The lowest BCUT2D eigenvalue weighted by atomic mass is 10.1. The molecule has 0 aliphatic carbocycles.